The van der Waals surface area contributed by atoms with E-state index in [1.807, 2.05) is 12.2 Å². The van der Waals surface area contributed by atoms with E-state index in [1.165, 1.54) is 11.1 Å². The molecular formula is C35H54O9. The van der Waals surface area contributed by atoms with Crippen molar-refractivity contribution in [2.24, 2.45) is 40.4 Å². The van der Waals surface area contributed by atoms with Crippen molar-refractivity contribution in [1.82, 2.24) is 0 Å². The number of rotatable bonds is 9. The van der Waals surface area contributed by atoms with Gasteiger partial charge in [-0.15, -0.1) is 0 Å². The van der Waals surface area contributed by atoms with Crippen molar-refractivity contribution < 1.29 is 44.9 Å². The maximum Gasteiger partial charge on any atom is 0.186 e. The number of hydrogen-bond acceptors (Lipinski definition) is 9. The van der Waals surface area contributed by atoms with E-state index < -0.39 is 49.5 Å². The van der Waals surface area contributed by atoms with E-state index in [2.05, 4.69) is 40.7 Å². The second-order valence-corrected chi connectivity index (χ2v) is 15.0. The van der Waals surface area contributed by atoms with Gasteiger partial charge in [-0.05, 0) is 91.3 Å². The molecule has 0 spiro atoms. The van der Waals surface area contributed by atoms with Crippen molar-refractivity contribution in [3.05, 3.63) is 34.9 Å². The summed E-state index contributed by atoms with van der Waals surface area (Å²) in [6, 6.07) is 0. The average Bonchev–Trinajstić information content (AvgIpc) is 3.26. The van der Waals surface area contributed by atoms with Crippen LogP contribution in [-0.2, 0) is 14.3 Å². The molecule has 2 saturated carbocycles. The van der Waals surface area contributed by atoms with Crippen molar-refractivity contribution in [3.63, 3.8) is 0 Å². The normalized spacial score (nSPS) is 44.9. The second kappa shape index (κ2) is 13.0. The number of ether oxygens (including phenoxy) is 2. The summed E-state index contributed by atoms with van der Waals surface area (Å²) in [6.45, 7) is 10.5. The first-order valence-corrected chi connectivity index (χ1v) is 16.7. The lowest BCUT2D eigenvalue weighted by Gasteiger charge is -2.53. The Hall–Kier alpha value is -1.43. The van der Waals surface area contributed by atoms with Crippen LogP contribution in [0.2, 0.25) is 0 Å². The molecule has 9 heteroatoms. The lowest BCUT2D eigenvalue weighted by atomic mass is 9.51. The molecular weight excluding hydrogens is 564 g/mol. The zero-order valence-electron chi connectivity index (χ0n) is 26.9. The molecule has 0 radical (unpaired) electrons. The molecule has 0 amide bonds. The molecule has 44 heavy (non-hydrogen) atoms. The molecule has 0 aromatic carbocycles. The smallest absolute Gasteiger partial charge is 0.186 e. The third-order valence-electron chi connectivity index (χ3n) is 12.2. The Kier molecular flexibility index (Phi) is 10.0. The van der Waals surface area contributed by atoms with Gasteiger partial charge in [-0.2, -0.15) is 0 Å². The number of fused-ring (bicyclic) bond motifs is 5. The summed E-state index contributed by atoms with van der Waals surface area (Å²) in [7, 11) is 0. The first kappa shape index (κ1) is 33.9. The fraction of sp³-hybridized carbons (Fsp3) is 0.800. The first-order chi connectivity index (χ1) is 20.8. The molecule has 3 fully saturated rings. The lowest BCUT2D eigenvalue weighted by molar-refractivity contribution is -0.314. The minimum Gasteiger partial charge on any atom is -0.394 e. The van der Waals surface area contributed by atoms with Gasteiger partial charge in [0.1, 0.15) is 24.4 Å². The van der Waals surface area contributed by atoms with Crippen molar-refractivity contribution in [3.8, 4) is 0 Å². The van der Waals surface area contributed by atoms with Gasteiger partial charge in [0.2, 0.25) is 0 Å². The van der Waals surface area contributed by atoms with Gasteiger partial charge in [0.15, 0.2) is 12.1 Å². The molecule has 9 nitrogen and oxygen atoms in total. The van der Waals surface area contributed by atoms with Crippen LogP contribution in [0.1, 0.15) is 79.6 Å². The molecule has 5 rings (SSSR count). The van der Waals surface area contributed by atoms with E-state index in [1.54, 1.807) is 0 Å². The van der Waals surface area contributed by atoms with Gasteiger partial charge in [0, 0.05) is 11.3 Å². The maximum atomic E-state index is 13.8. The Morgan fingerprint density at radius 2 is 1.80 bits per heavy atom. The van der Waals surface area contributed by atoms with Crippen LogP contribution in [0.4, 0.5) is 0 Å². The van der Waals surface area contributed by atoms with Crippen LogP contribution in [0.15, 0.2) is 34.9 Å². The maximum absolute atomic E-state index is 13.8. The van der Waals surface area contributed by atoms with Gasteiger partial charge >= 0.3 is 0 Å². The van der Waals surface area contributed by atoms with Gasteiger partial charge in [-0.3, -0.25) is 4.79 Å². The molecule has 0 aromatic rings. The van der Waals surface area contributed by atoms with Crippen LogP contribution in [0.5, 0.6) is 0 Å². The standard InChI is InChI=1S/C35H54O9/c1-18(2)20(10-13-36)7-6-19(3)29-27(39)16-24-22-15-26(38)25-14-21(8-11-34(25,4)23(22)9-12-35(24,29)5)43-33-32(42)31(41)30(40)28(17-37)44-33/h9-10,15,18-19,21,24-25,27-33,36-37,39-42H,6-8,11-14,16-17H2,1-5H3/t19-,21+,24+,25-,27+,28-,29+,30-,31+,32-,33-,34-,35+/m1/s1. The average molecular weight is 619 g/mol. The van der Waals surface area contributed by atoms with Gasteiger partial charge in [0.25, 0.3) is 0 Å². The Morgan fingerprint density at radius 3 is 2.45 bits per heavy atom. The Labute approximate surface area is 261 Å². The van der Waals surface area contributed by atoms with Crippen LogP contribution >= 0.6 is 0 Å². The van der Waals surface area contributed by atoms with Gasteiger partial charge in [0.05, 0.1) is 25.4 Å². The highest BCUT2D eigenvalue weighted by molar-refractivity contribution is 5.96. The summed E-state index contributed by atoms with van der Waals surface area (Å²) in [5.41, 5.74) is 3.05. The van der Waals surface area contributed by atoms with Crippen molar-refractivity contribution in [2.45, 2.75) is 122 Å². The lowest BCUT2D eigenvalue weighted by Crippen LogP contribution is -2.60. The summed E-state index contributed by atoms with van der Waals surface area (Å²) >= 11 is 0. The van der Waals surface area contributed by atoms with E-state index in [9.17, 15) is 35.4 Å². The predicted octanol–water partition coefficient (Wildman–Crippen LogP) is 2.81. The first-order valence-electron chi connectivity index (χ1n) is 16.7. The quantitative estimate of drug-likeness (QED) is 0.214. The monoisotopic (exact) mass is 618 g/mol. The number of hydrogen-bond donors (Lipinski definition) is 6. The molecule has 248 valence electrons. The van der Waals surface area contributed by atoms with Crippen LogP contribution in [-0.4, -0.2) is 92.5 Å². The summed E-state index contributed by atoms with van der Waals surface area (Å²) < 4.78 is 11.7. The van der Waals surface area contributed by atoms with Crippen LogP contribution in [0.3, 0.4) is 0 Å². The molecule has 1 saturated heterocycles. The Morgan fingerprint density at radius 1 is 1.07 bits per heavy atom. The van der Waals surface area contributed by atoms with Crippen molar-refractivity contribution in [2.75, 3.05) is 13.2 Å². The van der Waals surface area contributed by atoms with E-state index in [0.29, 0.717) is 31.6 Å². The molecule has 0 bridgehead atoms. The largest absolute Gasteiger partial charge is 0.394 e. The third-order valence-corrected chi connectivity index (χ3v) is 12.2. The summed E-state index contributed by atoms with van der Waals surface area (Å²) in [5, 5.41) is 61.3. The van der Waals surface area contributed by atoms with E-state index in [4.69, 9.17) is 9.47 Å². The second-order valence-electron chi connectivity index (χ2n) is 15.0. The molecule has 6 N–H and O–H groups in total. The summed E-state index contributed by atoms with van der Waals surface area (Å²) in [6.07, 6.45) is 3.68. The van der Waals surface area contributed by atoms with Crippen molar-refractivity contribution in [1.29, 1.82) is 0 Å². The number of carbonyl (C=O) groups is 1. The number of allylic oxidation sites excluding steroid dienone is 5. The number of carbonyl (C=O) groups excluding carboxylic acids is 1. The fourth-order valence-electron chi connectivity index (χ4n) is 9.58. The van der Waals surface area contributed by atoms with Gasteiger partial charge < -0.3 is 40.1 Å². The number of ketones is 1. The SMILES string of the molecule is CC(C)C(=CCO)CC[C@@H](C)[C@H]1[C@@H](O)C[C@H]2C3=CC(=O)[C@H]4C[C@@H](O[C@@H]5O[C@H](CO)[C@@H](O)[C@H](O)[C@H]5O)CC[C@]4(C)C3=CC[C@]12C. The molecule has 4 aliphatic carbocycles. The fourth-order valence-corrected chi connectivity index (χ4v) is 9.58. The molecule has 5 aliphatic rings. The molecule has 1 aliphatic heterocycles. The highest BCUT2D eigenvalue weighted by atomic mass is 16.7. The zero-order valence-corrected chi connectivity index (χ0v) is 26.9. The van der Waals surface area contributed by atoms with Crippen LogP contribution < -0.4 is 0 Å². The minimum atomic E-state index is -1.51. The Bertz CT molecular complexity index is 1160. The van der Waals surface area contributed by atoms with Gasteiger partial charge in [-0.1, -0.05) is 52.3 Å². The summed E-state index contributed by atoms with van der Waals surface area (Å²) in [5.74, 6) is 0.626. The van der Waals surface area contributed by atoms with Crippen LogP contribution in [0.25, 0.3) is 0 Å². The van der Waals surface area contributed by atoms with Crippen LogP contribution in [0, 0.1) is 40.4 Å². The molecule has 13 atom stereocenters. The number of aliphatic hydroxyl groups is 6. The molecule has 0 unspecified atom stereocenters. The zero-order chi connectivity index (χ0) is 32.1. The molecule has 0 aromatic heterocycles. The highest BCUT2D eigenvalue weighted by Gasteiger charge is 2.60. The highest BCUT2D eigenvalue weighted by Crippen LogP contribution is 2.64. The minimum absolute atomic E-state index is 0.0455. The van der Waals surface area contributed by atoms with E-state index in [0.717, 1.165) is 24.8 Å². The van der Waals surface area contributed by atoms with E-state index >= 15 is 0 Å². The summed E-state index contributed by atoms with van der Waals surface area (Å²) in [4.78, 5) is 13.8. The predicted molar refractivity (Wildman–Crippen MR) is 164 cm³/mol. The molecule has 1 heterocycles. The Balaban J connectivity index is 1.32. The van der Waals surface area contributed by atoms with E-state index in [-0.39, 0.29) is 46.9 Å². The van der Waals surface area contributed by atoms with Crippen molar-refractivity contribution >= 4 is 5.78 Å². The van der Waals surface area contributed by atoms with Gasteiger partial charge in [-0.25, -0.2) is 0 Å². The number of aliphatic hydroxyl groups excluding tert-OH is 6. The third kappa shape index (κ3) is 5.81. The topological polar surface area (TPSA) is 157 Å².